The first kappa shape index (κ1) is 18.4. The third-order valence-corrected chi connectivity index (χ3v) is 5.69. The predicted molar refractivity (Wildman–Crippen MR) is 108 cm³/mol. The summed E-state index contributed by atoms with van der Waals surface area (Å²) in [5.74, 6) is -0.653. The van der Waals surface area contributed by atoms with Gasteiger partial charge in [-0.05, 0) is 36.4 Å². The summed E-state index contributed by atoms with van der Waals surface area (Å²) >= 11 is 1.07. The average Bonchev–Trinajstić information content (AvgIpc) is 3.30. The Balaban J connectivity index is 1.38. The van der Waals surface area contributed by atoms with Gasteiger partial charge in [-0.25, -0.2) is 14.3 Å². The second-order valence-corrected chi connectivity index (χ2v) is 7.80. The van der Waals surface area contributed by atoms with E-state index in [1.54, 1.807) is 0 Å². The molecule has 0 radical (unpaired) electrons. The van der Waals surface area contributed by atoms with Crippen molar-refractivity contribution < 1.29 is 18.4 Å². The van der Waals surface area contributed by atoms with Crippen LogP contribution in [0.4, 0.5) is 10.1 Å². The molecule has 0 saturated carbocycles. The lowest BCUT2D eigenvalue weighted by Gasteiger charge is -2.14. The molecule has 0 N–H and O–H groups in total. The van der Waals surface area contributed by atoms with Crippen LogP contribution < -0.4 is 4.90 Å². The third kappa shape index (κ3) is 3.33. The van der Waals surface area contributed by atoms with Gasteiger partial charge in [0.15, 0.2) is 5.76 Å². The third-order valence-electron chi connectivity index (χ3n) is 4.66. The molecule has 2 amide bonds. The van der Waals surface area contributed by atoms with Crippen LogP contribution in [0.3, 0.4) is 0 Å². The highest BCUT2D eigenvalue weighted by Gasteiger charge is 2.40. The number of carbonyl (C=O) groups excluding carboxylic acids is 2. The molecular weight excluding hydrogens is 407 g/mol. The second kappa shape index (κ2) is 7.34. The van der Waals surface area contributed by atoms with Crippen LogP contribution in [0.15, 0.2) is 70.4 Å². The maximum absolute atomic E-state index is 13.2. The number of hydrogen-bond acceptors (Lipinski definition) is 7. The number of anilines is 1. The predicted octanol–water partition coefficient (Wildman–Crippen LogP) is 3.85. The second-order valence-electron chi connectivity index (χ2n) is 6.63. The van der Waals surface area contributed by atoms with Gasteiger partial charge in [0.05, 0.1) is 11.9 Å². The summed E-state index contributed by atoms with van der Waals surface area (Å²) in [7, 11) is 0. The number of aromatic nitrogens is 3. The summed E-state index contributed by atoms with van der Waals surface area (Å²) < 4.78 is 19.0. The molecule has 148 valence electrons. The van der Waals surface area contributed by atoms with Crippen molar-refractivity contribution in [1.29, 1.82) is 0 Å². The molecule has 1 unspecified atom stereocenters. The van der Waals surface area contributed by atoms with Crippen LogP contribution in [0.2, 0.25) is 0 Å². The van der Waals surface area contributed by atoms with E-state index in [0.717, 1.165) is 27.6 Å². The number of benzene rings is 2. The Morgan fingerprint density at radius 1 is 1.10 bits per heavy atom. The number of thioether (sulfide) groups is 1. The Morgan fingerprint density at radius 2 is 1.90 bits per heavy atom. The van der Waals surface area contributed by atoms with Crippen LogP contribution in [0.5, 0.6) is 0 Å². The molecule has 5 rings (SSSR count). The number of rotatable bonds is 4. The van der Waals surface area contributed by atoms with E-state index >= 15 is 0 Å². The Labute approximate surface area is 173 Å². The highest BCUT2D eigenvalue weighted by Crippen LogP contribution is 2.33. The number of hydrogen-bond donors (Lipinski definition) is 0. The highest BCUT2D eigenvalue weighted by atomic mass is 32.2. The Kier molecular flexibility index (Phi) is 4.51. The SMILES string of the molecule is O=C1CC(Sc2nncc(-c3cc4ccccc4o3)n2)C(=O)N1c1ccc(F)cc1. The summed E-state index contributed by atoms with van der Waals surface area (Å²) in [5.41, 5.74) is 1.55. The summed E-state index contributed by atoms with van der Waals surface area (Å²) in [6, 6.07) is 14.7. The summed E-state index contributed by atoms with van der Waals surface area (Å²) in [5, 5.41) is 8.45. The zero-order valence-corrected chi connectivity index (χ0v) is 16.2. The zero-order chi connectivity index (χ0) is 20.7. The Bertz CT molecular complexity index is 1240. The van der Waals surface area contributed by atoms with E-state index in [4.69, 9.17) is 4.42 Å². The van der Waals surface area contributed by atoms with Gasteiger partial charge in [0.2, 0.25) is 17.0 Å². The van der Waals surface area contributed by atoms with Gasteiger partial charge in [-0.3, -0.25) is 9.59 Å². The zero-order valence-electron chi connectivity index (χ0n) is 15.4. The van der Waals surface area contributed by atoms with Gasteiger partial charge in [0.25, 0.3) is 0 Å². The number of carbonyl (C=O) groups is 2. The molecule has 3 heterocycles. The van der Waals surface area contributed by atoms with Crippen molar-refractivity contribution in [2.45, 2.75) is 16.8 Å². The van der Waals surface area contributed by atoms with Gasteiger partial charge in [-0.2, -0.15) is 5.10 Å². The molecule has 1 aliphatic rings. The molecule has 1 saturated heterocycles. The van der Waals surface area contributed by atoms with Gasteiger partial charge < -0.3 is 4.42 Å². The molecule has 2 aromatic heterocycles. The molecule has 9 heteroatoms. The van der Waals surface area contributed by atoms with E-state index in [2.05, 4.69) is 15.2 Å². The van der Waals surface area contributed by atoms with Crippen LogP contribution in [0.1, 0.15) is 6.42 Å². The largest absolute Gasteiger partial charge is 0.454 e. The molecular formula is C21H13FN4O3S. The molecule has 2 aromatic carbocycles. The van der Waals surface area contributed by atoms with E-state index in [1.165, 1.54) is 30.5 Å². The van der Waals surface area contributed by atoms with E-state index in [-0.39, 0.29) is 17.5 Å². The monoisotopic (exact) mass is 420 g/mol. The van der Waals surface area contributed by atoms with Gasteiger partial charge in [0.1, 0.15) is 22.3 Å². The van der Waals surface area contributed by atoms with Crippen molar-refractivity contribution in [1.82, 2.24) is 15.2 Å². The molecule has 4 aromatic rings. The number of halogens is 1. The van der Waals surface area contributed by atoms with Gasteiger partial charge >= 0.3 is 0 Å². The standard InChI is InChI=1S/C21H13FN4O3S/c22-13-5-7-14(8-6-13)26-19(27)10-18(20(26)28)30-21-24-15(11-23-25-21)17-9-12-3-1-2-4-16(12)29-17/h1-9,11,18H,10H2. The lowest BCUT2D eigenvalue weighted by molar-refractivity contribution is -0.121. The van der Waals surface area contributed by atoms with E-state index in [0.29, 0.717) is 17.1 Å². The highest BCUT2D eigenvalue weighted by molar-refractivity contribution is 8.00. The van der Waals surface area contributed by atoms with Crippen molar-refractivity contribution in [2.24, 2.45) is 0 Å². The van der Waals surface area contributed by atoms with Gasteiger partial charge in [-0.1, -0.05) is 30.0 Å². The molecule has 0 spiro atoms. The molecule has 7 nitrogen and oxygen atoms in total. The number of amides is 2. The molecule has 30 heavy (non-hydrogen) atoms. The van der Waals surface area contributed by atoms with Gasteiger partial charge in [0, 0.05) is 11.8 Å². The topological polar surface area (TPSA) is 89.2 Å². The molecule has 1 fully saturated rings. The maximum atomic E-state index is 13.2. The fraction of sp³-hybridized carbons (Fsp3) is 0.0952. The minimum atomic E-state index is -0.685. The fourth-order valence-corrected chi connectivity index (χ4v) is 4.18. The van der Waals surface area contributed by atoms with Gasteiger partial charge in [-0.15, -0.1) is 5.10 Å². The lowest BCUT2D eigenvalue weighted by atomic mass is 10.2. The number of imide groups is 1. The van der Waals surface area contributed by atoms with Crippen molar-refractivity contribution >= 4 is 40.2 Å². The summed E-state index contributed by atoms with van der Waals surface area (Å²) in [6.07, 6.45) is 1.48. The molecule has 0 bridgehead atoms. The first-order valence-electron chi connectivity index (χ1n) is 9.06. The number of para-hydroxylation sites is 1. The average molecular weight is 420 g/mol. The molecule has 1 atom stereocenters. The number of nitrogens with zero attached hydrogens (tertiary/aromatic N) is 4. The summed E-state index contributed by atoms with van der Waals surface area (Å²) in [6.45, 7) is 0. The Morgan fingerprint density at radius 3 is 2.70 bits per heavy atom. The van der Waals surface area contributed by atoms with Crippen molar-refractivity contribution in [3.63, 3.8) is 0 Å². The first-order chi connectivity index (χ1) is 14.6. The van der Waals surface area contributed by atoms with Crippen LogP contribution in [0.25, 0.3) is 22.4 Å². The van der Waals surface area contributed by atoms with Crippen LogP contribution in [0, 0.1) is 5.82 Å². The maximum Gasteiger partial charge on any atom is 0.247 e. The van der Waals surface area contributed by atoms with E-state index < -0.39 is 17.0 Å². The summed E-state index contributed by atoms with van der Waals surface area (Å²) in [4.78, 5) is 30.7. The Hall–Kier alpha value is -3.59. The van der Waals surface area contributed by atoms with Crippen molar-refractivity contribution in [3.05, 3.63) is 66.6 Å². The van der Waals surface area contributed by atoms with Crippen LogP contribution in [-0.2, 0) is 9.59 Å². The molecule has 1 aliphatic heterocycles. The number of fused-ring (bicyclic) bond motifs is 1. The van der Waals surface area contributed by atoms with Crippen LogP contribution in [-0.4, -0.2) is 32.2 Å². The minimum absolute atomic E-state index is 0.000891. The van der Waals surface area contributed by atoms with E-state index in [1.807, 2.05) is 30.3 Å². The minimum Gasteiger partial charge on any atom is -0.454 e. The smallest absolute Gasteiger partial charge is 0.247 e. The molecule has 0 aliphatic carbocycles. The fourth-order valence-electron chi connectivity index (χ4n) is 3.25. The van der Waals surface area contributed by atoms with E-state index in [9.17, 15) is 14.0 Å². The number of furan rings is 1. The lowest BCUT2D eigenvalue weighted by Crippen LogP contribution is -2.31. The quantitative estimate of drug-likeness (QED) is 0.463. The van der Waals surface area contributed by atoms with Crippen molar-refractivity contribution in [3.8, 4) is 11.5 Å². The first-order valence-corrected chi connectivity index (χ1v) is 9.94. The van der Waals surface area contributed by atoms with Crippen LogP contribution >= 0.6 is 11.8 Å². The van der Waals surface area contributed by atoms with Crippen molar-refractivity contribution in [2.75, 3.05) is 4.90 Å². The normalized spacial score (nSPS) is 16.6.